The molecule has 1 aromatic rings. The molecule has 0 radical (unpaired) electrons. The number of aliphatic hydroxyl groups is 1. The van der Waals surface area contributed by atoms with Crippen molar-refractivity contribution in [2.24, 2.45) is 5.41 Å². The average molecular weight is 261 g/mol. The Hall–Kier alpha value is -0.860. The minimum absolute atomic E-state index is 0.180. The summed E-state index contributed by atoms with van der Waals surface area (Å²) in [7, 11) is 0. The van der Waals surface area contributed by atoms with Gasteiger partial charge < -0.3 is 10.4 Å². The van der Waals surface area contributed by atoms with Crippen LogP contribution >= 0.6 is 0 Å². The van der Waals surface area contributed by atoms with Crippen LogP contribution in [0.15, 0.2) is 24.3 Å². The molecular weight excluding hydrogens is 234 g/mol. The number of rotatable bonds is 5. The zero-order chi connectivity index (χ0) is 14.1. The van der Waals surface area contributed by atoms with Crippen molar-refractivity contribution in [1.82, 2.24) is 5.32 Å². The second kappa shape index (κ2) is 5.26. The fourth-order valence-corrected chi connectivity index (χ4v) is 2.33. The van der Waals surface area contributed by atoms with Crippen LogP contribution in [0.4, 0.5) is 0 Å². The molecule has 19 heavy (non-hydrogen) atoms. The summed E-state index contributed by atoms with van der Waals surface area (Å²) in [5, 5.41) is 12.9. The summed E-state index contributed by atoms with van der Waals surface area (Å²) in [5.41, 5.74) is 3.09. The van der Waals surface area contributed by atoms with Crippen molar-refractivity contribution >= 4 is 0 Å². The summed E-state index contributed by atoms with van der Waals surface area (Å²) >= 11 is 0. The first-order chi connectivity index (χ1) is 8.86. The molecule has 2 N–H and O–H groups in total. The lowest BCUT2D eigenvalue weighted by molar-refractivity contribution is 0.204. The molecule has 1 saturated carbocycles. The van der Waals surface area contributed by atoms with Crippen LogP contribution in [0.25, 0.3) is 0 Å². The lowest BCUT2D eigenvalue weighted by Crippen LogP contribution is -2.28. The quantitative estimate of drug-likeness (QED) is 0.851. The van der Waals surface area contributed by atoms with Crippen LogP contribution in [0.2, 0.25) is 0 Å². The maximum absolute atomic E-state index is 9.33. The minimum atomic E-state index is 0.180. The van der Waals surface area contributed by atoms with E-state index in [0.29, 0.717) is 12.6 Å². The molecule has 0 saturated heterocycles. The van der Waals surface area contributed by atoms with Gasteiger partial charge in [0.05, 0.1) is 0 Å². The fourth-order valence-electron chi connectivity index (χ4n) is 2.33. The van der Waals surface area contributed by atoms with E-state index in [1.807, 2.05) is 0 Å². The molecule has 1 unspecified atom stereocenters. The minimum Gasteiger partial charge on any atom is -0.396 e. The molecule has 2 nitrogen and oxygen atoms in total. The first-order valence-corrected chi connectivity index (χ1v) is 7.31. The predicted molar refractivity (Wildman–Crippen MR) is 80.3 cm³/mol. The molecule has 1 fully saturated rings. The molecule has 106 valence electrons. The average Bonchev–Trinajstić information content (AvgIpc) is 3.16. The van der Waals surface area contributed by atoms with Gasteiger partial charge in [-0.15, -0.1) is 0 Å². The normalized spacial score (nSPS) is 19.2. The second-order valence-electron chi connectivity index (χ2n) is 7.13. The zero-order valence-corrected chi connectivity index (χ0v) is 12.7. The molecule has 1 atom stereocenters. The molecule has 1 aliphatic rings. The van der Waals surface area contributed by atoms with E-state index in [2.05, 4.69) is 57.3 Å². The van der Waals surface area contributed by atoms with Crippen molar-refractivity contribution in [3.05, 3.63) is 35.4 Å². The molecule has 0 spiro atoms. The van der Waals surface area contributed by atoms with E-state index in [-0.39, 0.29) is 10.8 Å². The highest BCUT2D eigenvalue weighted by atomic mass is 16.3. The highest BCUT2D eigenvalue weighted by molar-refractivity contribution is 5.29. The van der Waals surface area contributed by atoms with E-state index in [1.165, 1.54) is 11.1 Å². The van der Waals surface area contributed by atoms with E-state index in [0.717, 1.165) is 19.4 Å². The highest BCUT2D eigenvalue weighted by Gasteiger charge is 2.41. The van der Waals surface area contributed by atoms with Crippen molar-refractivity contribution in [2.45, 2.75) is 52.0 Å². The van der Waals surface area contributed by atoms with Gasteiger partial charge in [-0.3, -0.25) is 0 Å². The molecule has 0 heterocycles. The summed E-state index contributed by atoms with van der Waals surface area (Å²) in [6.45, 7) is 10.1. The van der Waals surface area contributed by atoms with E-state index in [4.69, 9.17) is 0 Å². The standard InChI is InChI=1S/C17H27NO/c1-13(18-11-17(12-19)9-10-17)14-5-7-15(8-6-14)16(2,3)4/h5-8,13,18-19H,9-12H2,1-4H3. The topological polar surface area (TPSA) is 32.3 Å². The lowest BCUT2D eigenvalue weighted by Gasteiger charge is -2.22. The van der Waals surface area contributed by atoms with Gasteiger partial charge >= 0.3 is 0 Å². The summed E-state index contributed by atoms with van der Waals surface area (Å²) in [4.78, 5) is 0. The van der Waals surface area contributed by atoms with Crippen LogP contribution in [0, 0.1) is 5.41 Å². The largest absolute Gasteiger partial charge is 0.396 e. The van der Waals surface area contributed by atoms with Gasteiger partial charge in [-0.1, -0.05) is 45.0 Å². The highest BCUT2D eigenvalue weighted by Crippen LogP contribution is 2.44. The van der Waals surface area contributed by atoms with Crippen LogP contribution in [0.5, 0.6) is 0 Å². The molecule has 0 bridgehead atoms. The smallest absolute Gasteiger partial charge is 0.0499 e. The summed E-state index contributed by atoms with van der Waals surface area (Å²) in [6.07, 6.45) is 2.32. The number of aliphatic hydroxyl groups excluding tert-OH is 1. The van der Waals surface area contributed by atoms with Crippen molar-refractivity contribution in [2.75, 3.05) is 13.2 Å². The number of benzene rings is 1. The molecule has 0 aromatic heterocycles. The van der Waals surface area contributed by atoms with Gasteiger partial charge in [0, 0.05) is 24.6 Å². The first kappa shape index (κ1) is 14.5. The Bertz CT molecular complexity index is 412. The van der Waals surface area contributed by atoms with Gasteiger partial charge in [0.1, 0.15) is 0 Å². The Morgan fingerprint density at radius 1 is 1.21 bits per heavy atom. The van der Waals surface area contributed by atoms with Crippen LogP contribution in [-0.2, 0) is 5.41 Å². The Balaban J connectivity index is 1.94. The first-order valence-electron chi connectivity index (χ1n) is 7.31. The van der Waals surface area contributed by atoms with Crippen molar-refractivity contribution in [3.8, 4) is 0 Å². The monoisotopic (exact) mass is 261 g/mol. The van der Waals surface area contributed by atoms with E-state index in [1.54, 1.807) is 0 Å². The van der Waals surface area contributed by atoms with Crippen LogP contribution in [0.1, 0.15) is 57.7 Å². The Kier molecular flexibility index (Phi) is 4.03. The van der Waals surface area contributed by atoms with E-state index < -0.39 is 0 Å². The third-order valence-corrected chi connectivity index (χ3v) is 4.35. The van der Waals surface area contributed by atoms with Crippen molar-refractivity contribution in [1.29, 1.82) is 0 Å². The lowest BCUT2D eigenvalue weighted by atomic mass is 9.86. The van der Waals surface area contributed by atoms with Crippen LogP contribution in [0.3, 0.4) is 0 Å². The maximum atomic E-state index is 9.33. The van der Waals surface area contributed by atoms with E-state index in [9.17, 15) is 5.11 Å². The Morgan fingerprint density at radius 2 is 1.79 bits per heavy atom. The molecule has 1 aromatic carbocycles. The van der Waals surface area contributed by atoms with Gasteiger partial charge in [0.15, 0.2) is 0 Å². The molecule has 2 rings (SSSR count). The van der Waals surface area contributed by atoms with Crippen LogP contribution < -0.4 is 5.32 Å². The number of hydrogen-bond donors (Lipinski definition) is 2. The molecule has 0 amide bonds. The SMILES string of the molecule is CC(NCC1(CO)CC1)c1ccc(C(C)(C)C)cc1. The van der Waals surface area contributed by atoms with Gasteiger partial charge in [0.25, 0.3) is 0 Å². The summed E-state index contributed by atoms with van der Waals surface area (Å²) < 4.78 is 0. The Labute approximate surface area is 117 Å². The summed E-state index contributed by atoms with van der Waals surface area (Å²) in [6, 6.07) is 9.24. The second-order valence-corrected chi connectivity index (χ2v) is 7.13. The molecular formula is C17H27NO. The van der Waals surface area contributed by atoms with Gasteiger partial charge in [0.2, 0.25) is 0 Å². The van der Waals surface area contributed by atoms with Crippen LogP contribution in [-0.4, -0.2) is 18.3 Å². The van der Waals surface area contributed by atoms with Crippen molar-refractivity contribution < 1.29 is 5.11 Å². The van der Waals surface area contributed by atoms with Gasteiger partial charge in [-0.2, -0.15) is 0 Å². The summed E-state index contributed by atoms with van der Waals surface area (Å²) in [5.74, 6) is 0. The van der Waals surface area contributed by atoms with Gasteiger partial charge in [-0.05, 0) is 36.3 Å². The number of hydrogen-bond acceptors (Lipinski definition) is 2. The Morgan fingerprint density at radius 3 is 2.21 bits per heavy atom. The molecule has 1 aliphatic carbocycles. The molecule has 0 aliphatic heterocycles. The van der Waals surface area contributed by atoms with Gasteiger partial charge in [-0.25, -0.2) is 0 Å². The van der Waals surface area contributed by atoms with Crippen molar-refractivity contribution in [3.63, 3.8) is 0 Å². The van der Waals surface area contributed by atoms with E-state index >= 15 is 0 Å². The molecule has 2 heteroatoms. The third kappa shape index (κ3) is 3.58. The fraction of sp³-hybridized carbons (Fsp3) is 0.647. The predicted octanol–water partition coefficient (Wildman–Crippen LogP) is 3.41. The number of nitrogens with one attached hydrogen (secondary N) is 1. The zero-order valence-electron chi connectivity index (χ0n) is 12.7. The third-order valence-electron chi connectivity index (χ3n) is 4.35. The maximum Gasteiger partial charge on any atom is 0.0499 e.